The van der Waals surface area contributed by atoms with Crippen molar-refractivity contribution in [3.05, 3.63) is 163 Å². The second-order valence-corrected chi connectivity index (χ2v) is 12.3. The highest BCUT2D eigenvalue weighted by atomic mass is 16.3. The molecule has 10 rings (SSSR count). The van der Waals surface area contributed by atoms with Gasteiger partial charge in [0.25, 0.3) is 0 Å². The van der Waals surface area contributed by atoms with E-state index in [9.17, 15) is 5.26 Å². The van der Waals surface area contributed by atoms with Gasteiger partial charge in [0.05, 0.1) is 51.0 Å². The van der Waals surface area contributed by atoms with E-state index in [1.807, 2.05) is 60.7 Å². The maximum atomic E-state index is 10.7. The molecule has 0 saturated carbocycles. The molecule has 0 bridgehead atoms. The van der Waals surface area contributed by atoms with Crippen LogP contribution in [0.25, 0.3) is 92.9 Å². The molecule has 3 aromatic heterocycles. The highest BCUT2D eigenvalue weighted by Gasteiger charge is 2.26. The summed E-state index contributed by atoms with van der Waals surface area (Å²) in [5.41, 5.74) is 9.83. The van der Waals surface area contributed by atoms with E-state index < -0.39 is 0 Å². The van der Waals surface area contributed by atoms with Crippen molar-refractivity contribution in [3.8, 4) is 28.6 Å². The highest BCUT2D eigenvalue weighted by molar-refractivity contribution is 6.24. The van der Waals surface area contributed by atoms with Crippen LogP contribution in [0.1, 0.15) is 5.56 Å². The zero-order valence-corrected chi connectivity index (χ0v) is 26.1. The number of nitrogens with zero attached hydrogens (tertiary/aromatic N) is 4. The summed E-state index contributed by atoms with van der Waals surface area (Å²) in [5, 5.41) is 16.9. The lowest BCUT2D eigenvalue weighted by Gasteiger charge is -2.19. The number of rotatable bonds is 3. The van der Waals surface area contributed by atoms with Gasteiger partial charge < -0.3 is 13.6 Å². The van der Waals surface area contributed by atoms with Gasteiger partial charge in [-0.05, 0) is 53.6 Å². The van der Waals surface area contributed by atoms with Crippen LogP contribution < -0.4 is 0 Å². The van der Waals surface area contributed by atoms with Crippen molar-refractivity contribution in [1.29, 1.82) is 5.26 Å². The third kappa shape index (κ3) is 3.73. The van der Waals surface area contributed by atoms with Gasteiger partial charge in [0.2, 0.25) is 5.69 Å². The fourth-order valence-electron chi connectivity index (χ4n) is 7.70. The Labute approximate surface area is 280 Å². The normalized spacial score (nSPS) is 11.6. The van der Waals surface area contributed by atoms with Crippen molar-refractivity contribution in [3.63, 3.8) is 0 Å². The average Bonchev–Trinajstić information content (AvgIpc) is 3.82. The predicted octanol–water partition coefficient (Wildman–Crippen LogP) is 11.9. The van der Waals surface area contributed by atoms with Crippen LogP contribution in [0.3, 0.4) is 0 Å². The first-order valence-electron chi connectivity index (χ1n) is 16.1. The molecule has 5 nitrogen and oxygen atoms in total. The van der Waals surface area contributed by atoms with Gasteiger partial charge >= 0.3 is 0 Å². The molecule has 7 aromatic carbocycles. The Morgan fingerprint density at radius 2 is 1.16 bits per heavy atom. The van der Waals surface area contributed by atoms with Crippen molar-refractivity contribution >= 4 is 71.2 Å². The Morgan fingerprint density at radius 3 is 1.90 bits per heavy atom. The van der Waals surface area contributed by atoms with Crippen LogP contribution in [0.4, 0.5) is 5.69 Å². The summed E-state index contributed by atoms with van der Waals surface area (Å²) in [5.74, 6) is 0. The molecular weight excluding hydrogens is 601 g/mol. The molecule has 3 heterocycles. The van der Waals surface area contributed by atoms with Crippen molar-refractivity contribution in [2.24, 2.45) is 0 Å². The van der Waals surface area contributed by atoms with Gasteiger partial charge in [-0.15, -0.1) is 0 Å². The average molecular weight is 625 g/mol. The number of benzene rings is 7. The number of furan rings is 1. The molecule has 0 fully saturated rings. The Bertz CT molecular complexity index is 3020. The van der Waals surface area contributed by atoms with E-state index in [0.29, 0.717) is 22.6 Å². The molecule has 0 saturated heterocycles. The van der Waals surface area contributed by atoms with Gasteiger partial charge in [-0.1, -0.05) is 103 Å². The van der Waals surface area contributed by atoms with E-state index in [1.165, 1.54) is 0 Å². The molecule has 0 unspecified atom stereocenters. The molecule has 10 aromatic rings. The molecule has 0 atom stereocenters. The van der Waals surface area contributed by atoms with Crippen LogP contribution in [0.15, 0.2) is 150 Å². The first kappa shape index (κ1) is 27.1. The third-order valence-electron chi connectivity index (χ3n) is 9.78. The molecule has 0 N–H and O–H groups in total. The Balaban J connectivity index is 1.42. The lowest BCUT2D eigenvalue weighted by atomic mass is 10.0. The fraction of sp³-hybridized carbons (Fsp3) is 0. The van der Waals surface area contributed by atoms with Gasteiger partial charge in [-0.3, -0.25) is 0 Å². The molecule has 49 heavy (non-hydrogen) atoms. The van der Waals surface area contributed by atoms with E-state index in [1.54, 1.807) is 12.1 Å². The minimum absolute atomic E-state index is 0.450. The van der Waals surface area contributed by atoms with Gasteiger partial charge in [0.15, 0.2) is 0 Å². The van der Waals surface area contributed by atoms with Gasteiger partial charge in [-0.2, -0.15) is 5.26 Å². The predicted molar refractivity (Wildman–Crippen MR) is 199 cm³/mol. The Kier molecular flexibility index (Phi) is 5.64. The summed E-state index contributed by atoms with van der Waals surface area (Å²) >= 11 is 0. The molecule has 0 aliphatic carbocycles. The number of fused-ring (bicyclic) bond motifs is 10. The van der Waals surface area contributed by atoms with Gasteiger partial charge in [0.1, 0.15) is 17.2 Å². The van der Waals surface area contributed by atoms with Gasteiger partial charge in [0, 0.05) is 26.9 Å². The summed E-state index contributed by atoms with van der Waals surface area (Å²) in [6, 6.07) is 51.8. The highest BCUT2D eigenvalue weighted by Crippen LogP contribution is 2.46. The van der Waals surface area contributed by atoms with Crippen LogP contribution in [0.5, 0.6) is 0 Å². The van der Waals surface area contributed by atoms with Crippen molar-refractivity contribution < 1.29 is 4.42 Å². The quantitative estimate of drug-likeness (QED) is 0.184. The lowest BCUT2D eigenvalue weighted by molar-refractivity contribution is 0.673. The van der Waals surface area contributed by atoms with Crippen molar-refractivity contribution in [2.45, 2.75) is 0 Å². The second kappa shape index (κ2) is 10.2. The standard InChI is InChI=1S/C44H24N4O/c1-46-35-22-19-29(26-45)42(47-36-16-8-5-13-30(36)31-14-6-9-17-37(31)47)43(35)48-38-23-20-28(27-11-3-2-4-12-27)25-34(38)41-39(48)24-21-33-32-15-7-10-18-40(32)49-44(33)41/h2-25H. The smallest absolute Gasteiger partial charge is 0.212 e. The van der Waals surface area contributed by atoms with Crippen molar-refractivity contribution in [2.75, 3.05) is 0 Å². The van der Waals surface area contributed by atoms with Gasteiger partial charge in [-0.25, -0.2) is 4.85 Å². The fourth-order valence-corrected chi connectivity index (χ4v) is 7.70. The number of nitriles is 1. The van der Waals surface area contributed by atoms with Crippen LogP contribution in [0.2, 0.25) is 0 Å². The third-order valence-corrected chi connectivity index (χ3v) is 9.78. The summed E-state index contributed by atoms with van der Waals surface area (Å²) in [6.45, 7) is 8.43. The first-order valence-corrected chi connectivity index (χ1v) is 16.1. The monoisotopic (exact) mass is 624 g/mol. The summed E-state index contributed by atoms with van der Waals surface area (Å²) in [6.07, 6.45) is 0. The van der Waals surface area contributed by atoms with Crippen LogP contribution >= 0.6 is 0 Å². The van der Waals surface area contributed by atoms with Crippen molar-refractivity contribution in [1.82, 2.24) is 9.13 Å². The summed E-state index contributed by atoms with van der Waals surface area (Å²) in [4.78, 5) is 4.09. The van der Waals surface area contributed by atoms with E-state index in [4.69, 9.17) is 11.0 Å². The number of aromatic nitrogens is 2. The Morgan fingerprint density at radius 1 is 0.531 bits per heavy atom. The van der Waals surface area contributed by atoms with Crippen LogP contribution in [-0.4, -0.2) is 9.13 Å². The second-order valence-electron chi connectivity index (χ2n) is 12.3. The zero-order chi connectivity index (χ0) is 32.6. The Hall–Kier alpha value is -7.08. The minimum atomic E-state index is 0.450. The molecule has 0 amide bonds. The zero-order valence-electron chi connectivity index (χ0n) is 26.1. The maximum Gasteiger partial charge on any atom is 0.212 e. The van der Waals surface area contributed by atoms with Crippen LogP contribution in [0, 0.1) is 17.9 Å². The minimum Gasteiger partial charge on any atom is -0.455 e. The number of hydrogen-bond donors (Lipinski definition) is 0. The van der Waals surface area contributed by atoms with E-state index >= 15 is 0 Å². The van der Waals surface area contributed by atoms with E-state index in [0.717, 1.165) is 76.7 Å². The number of para-hydroxylation sites is 3. The number of hydrogen-bond acceptors (Lipinski definition) is 2. The molecule has 0 aliphatic heterocycles. The van der Waals surface area contributed by atoms with E-state index in [2.05, 4.69) is 92.8 Å². The SMILES string of the molecule is [C-]#[N+]c1ccc(C#N)c(-n2c3ccccc3c3ccccc32)c1-n1c2ccc(-c3ccccc3)cc2c2c3oc4ccccc4c3ccc21. The molecular formula is C44H24N4O. The summed E-state index contributed by atoms with van der Waals surface area (Å²) in [7, 11) is 0. The van der Waals surface area contributed by atoms with Crippen LogP contribution in [-0.2, 0) is 0 Å². The largest absolute Gasteiger partial charge is 0.455 e. The lowest BCUT2D eigenvalue weighted by Crippen LogP contribution is -2.06. The first-order chi connectivity index (χ1) is 24.2. The molecule has 5 heteroatoms. The molecule has 0 radical (unpaired) electrons. The summed E-state index contributed by atoms with van der Waals surface area (Å²) < 4.78 is 11.0. The maximum absolute atomic E-state index is 10.7. The molecule has 226 valence electrons. The molecule has 0 aliphatic rings. The van der Waals surface area contributed by atoms with E-state index in [-0.39, 0.29) is 0 Å². The molecule has 0 spiro atoms. The topological polar surface area (TPSA) is 51.1 Å².